The molecule has 0 N–H and O–H groups in total. The molecule has 2 aliphatic carbocycles. The second-order valence-electron chi connectivity index (χ2n) is 4.77. The lowest BCUT2D eigenvalue weighted by molar-refractivity contribution is 0.0455. The van der Waals surface area contributed by atoms with Crippen molar-refractivity contribution >= 4 is 5.97 Å². The summed E-state index contributed by atoms with van der Waals surface area (Å²) < 4.78 is 5.23. The van der Waals surface area contributed by atoms with Gasteiger partial charge in [-0.1, -0.05) is 18.2 Å². The van der Waals surface area contributed by atoms with Crippen molar-refractivity contribution in [3.8, 4) is 6.07 Å². The van der Waals surface area contributed by atoms with Gasteiger partial charge in [-0.3, -0.25) is 0 Å². The molecule has 0 spiro atoms. The molecule has 0 amide bonds. The van der Waals surface area contributed by atoms with Gasteiger partial charge in [-0.25, -0.2) is 4.79 Å². The molecule has 2 saturated carbocycles. The van der Waals surface area contributed by atoms with Gasteiger partial charge in [-0.2, -0.15) is 5.26 Å². The molecule has 3 heteroatoms. The molecule has 0 unspecified atom stereocenters. The summed E-state index contributed by atoms with van der Waals surface area (Å²) in [5.41, 5.74) is 0.457. The number of carbonyl (C=O) groups excluding carboxylic acids is 1. The molecule has 80 valence electrons. The van der Waals surface area contributed by atoms with Crippen LogP contribution in [0, 0.1) is 22.2 Å². The van der Waals surface area contributed by atoms with E-state index in [1.54, 1.807) is 12.1 Å². The van der Waals surface area contributed by atoms with Crippen LogP contribution >= 0.6 is 0 Å². The number of hydrogen-bond acceptors (Lipinski definition) is 3. The maximum atomic E-state index is 11.6. The van der Waals surface area contributed by atoms with Crippen molar-refractivity contribution < 1.29 is 9.53 Å². The number of benzene rings is 1. The quantitative estimate of drug-likeness (QED) is 0.723. The summed E-state index contributed by atoms with van der Waals surface area (Å²) in [6.07, 6.45) is 1.80. The molecule has 2 fully saturated rings. The summed E-state index contributed by atoms with van der Waals surface area (Å²) in [7, 11) is 0. The van der Waals surface area contributed by atoms with Crippen LogP contribution in [0.3, 0.4) is 0 Å². The first-order chi connectivity index (χ1) is 7.71. The van der Waals surface area contributed by atoms with Crippen molar-refractivity contribution in [2.75, 3.05) is 6.61 Å². The zero-order valence-electron chi connectivity index (χ0n) is 8.77. The standard InChI is InChI=1S/C13H11NO2/c14-8-12-6-13(12,7-12)9-16-11(15)10-4-2-1-3-5-10/h1-5H,6-7,9H2. The van der Waals surface area contributed by atoms with Crippen LogP contribution in [0.25, 0.3) is 0 Å². The second kappa shape index (κ2) is 2.85. The molecule has 0 heterocycles. The lowest BCUT2D eigenvalue weighted by Crippen LogP contribution is -2.09. The monoisotopic (exact) mass is 213 g/mol. The number of esters is 1. The number of fused-ring (bicyclic) bond motifs is 1. The molecule has 0 atom stereocenters. The minimum atomic E-state index is -0.291. The molecule has 1 aromatic carbocycles. The van der Waals surface area contributed by atoms with Crippen LogP contribution in [0.4, 0.5) is 0 Å². The number of nitrogens with zero attached hydrogens (tertiary/aromatic N) is 1. The van der Waals surface area contributed by atoms with Crippen LogP contribution in [-0.2, 0) is 4.74 Å². The van der Waals surface area contributed by atoms with Crippen LogP contribution in [-0.4, -0.2) is 12.6 Å². The van der Waals surface area contributed by atoms with Gasteiger partial charge in [0.25, 0.3) is 0 Å². The molecule has 2 aliphatic rings. The summed E-state index contributed by atoms with van der Waals surface area (Å²) in [6.45, 7) is 0.397. The molecule has 3 nitrogen and oxygen atoms in total. The third-order valence-electron chi connectivity index (χ3n) is 3.75. The lowest BCUT2D eigenvalue weighted by Gasteiger charge is -2.05. The predicted molar refractivity (Wildman–Crippen MR) is 56.4 cm³/mol. The zero-order valence-corrected chi connectivity index (χ0v) is 8.77. The van der Waals surface area contributed by atoms with Crippen molar-refractivity contribution in [3.05, 3.63) is 35.9 Å². The number of ether oxygens (including phenoxy) is 1. The van der Waals surface area contributed by atoms with Crippen LogP contribution < -0.4 is 0 Å². The highest BCUT2D eigenvalue weighted by Crippen LogP contribution is 2.85. The molecule has 1 aromatic rings. The molecule has 0 saturated heterocycles. The van der Waals surface area contributed by atoms with Gasteiger partial charge in [0.15, 0.2) is 0 Å². The summed E-state index contributed by atoms with van der Waals surface area (Å²) in [5, 5.41) is 8.86. The van der Waals surface area contributed by atoms with E-state index in [-0.39, 0.29) is 16.8 Å². The Kier molecular flexibility index (Phi) is 1.68. The normalized spacial score (nSPS) is 33.4. The van der Waals surface area contributed by atoms with Gasteiger partial charge in [-0.15, -0.1) is 0 Å². The largest absolute Gasteiger partial charge is 0.461 e. The van der Waals surface area contributed by atoms with Crippen LogP contribution in [0.2, 0.25) is 0 Å². The van der Waals surface area contributed by atoms with Gasteiger partial charge in [0, 0.05) is 5.41 Å². The van der Waals surface area contributed by atoms with E-state index in [0.29, 0.717) is 12.2 Å². The number of carbonyl (C=O) groups is 1. The van der Waals surface area contributed by atoms with Crippen LogP contribution in [0.1, 0.15) is 23.2 Å². The molecular weight excluding hydrogens is 202 g/mol. The Bertz CT molecular complexity index is 480. The predicted octanol–water partition coefficient (Wildman–Crippen LogP) is 2.15. The second-order valence-corrected chi connectivity index (χ2v) is 4.77. The molecule has 0 aromatic heterocycles. The molecule has 0 bridgehead atoms. The SMILES string of the molecule is N#CC12CC1(COC(=O)c1ccccc1)C2. The fraction of sp³-hybridized carbons (Fsp3) is 0.385. The smallest absolute Gasteiger partial charge is 0.338 e. The van der Waals surface area contributed by atoms with Gasteiger partial charge in [0.05, 0.1) is 23.7 Å². The highest BCUT2D eigenvalue weighted by atomic mass is 16.5. The Morgan fingerprint density at radius 1 is 1.38 bits per heavy atom. The first-order valence-corrected chi connectivity index (χ1v) is 5.35. The van der Waals surface area contributed by atoms with Crippen molar-refractivity contribution in [1.82, 2.24) is 0 Å². The minimum Gasteiger partial charge on any atom is -0.461 e. The number of nitriles is 1. The van der Waals surface area contributed by atoms with E-state index < -0.39 is 0 Å². The first-order valence-electron chi connectivity index (χ1n) is 5.35. The van der Waals surface area contributed by atoms with E-state index in [9.17, 15) is 4.79 Å². The maximum absolute atomic E-state index is 11.6. The average Bonchev–Trinajstić information content (AvgIpc) is 3.13. The van der Waals surface area contributed by atoms with Gasteiger partial charge >= 0.3 is 5.97 Å². The van der Waals surface area contributed by atoms with Gasteiger partial charge < -0.3 is 4.74 Å². The van der Waals surface area contributed by atoms with Crippen LogP contribution in [0.15, 0.2) is 30.3 Å². The third-order valence-corrected chi connectivity index (χ3v) is 3.75. The molecule has 16 heavy (non-hydrogen) atoms. The Hall–Kier alpha value is -1.82. The molecule has 3 rings (SSSR count). The highest BCUT2D eigenvalue weighted by Gasteiger charge is 2.84. The fourth-order valence-electron chi connectivity index (χ4n) is 2.31. The Labute approximate surface area is 93.6 Å². The molecule has 0 aliphatic heterocycles. The molecule has 0 radical (unpaired) electrons. The minimum absolute atomic E-state index is 0.0200. The van der Waals surface area contributed by atoms with E-state index in [1.165, 1.54) is 0 Å². The van der Waals surface area contributed by atoms with E-state index in [1.807, 2.05) is 18.2 Å². The van der Waals surface area contributed by atoms with Gasteiger partial charge in [-0.05, 0) is 25.0 Å². The summed E-state index contributed by atoms with van der Waals surface area (Å²) in [4.78, 5) is 11.6. The van der Waals surface area contributed by atoms with Crippen molar-refractivity contribution in [2.24, 2.45) is 10.8 Å². The average molecular weight is 213 g/mol. The van der Waals surface area contributed by atoms with Gasteiger partial charge in [0.1, 0.15) is 0 Å². The Morgan fingerprint density at radius 3 is 2.62 bits per heavy atom. The highest BCUT2D eigenvalue weighted by molar-refractivity contribution is 5.89. The fourth-order valence-corrected chi connectivity index (χ4v) is 2.31. The number of hydrogen-bond donors (Lipinski definition) is 0. The van der Waals surface area contributed by atoms with Crippen molar-refractivity contribution in [2.45, 2.75) is 12.8 Å². The topological polar surface area (TPSA) is 50.1 Å². The van der Waals surface area contributed by atoms with E-state index >= 15 is 0 Å². The third kappa shape index (κ3) is 1.16. The van der Waals surface area contributed by atoms with Crippen molar-refractivity contribution in [3.63, 3.8) is 0 Å². The Balaban J connectivity index is 1.58. The molecular formula is C13H11NO2. The van der Waals surface area contributed by atoms with E-state index in [4.69, 9.17) is 10.00 Å². The maximum Gasteiger partial charge on any atom is 0.338 e. The van der Waals surface area contributed by atoms with Crippen molar-refractivity contribution in [1.29, 1.82) is 5.26 Å². The Morgan fingerprint density at radius 2 is 2.06 bits per heavy atom. The number of rotatable bonds is 3. The zero-order chi connectivity index (χ0) is 11.2. The van der Waals surface area contributed by atoms with Crippen LogP contribution in [0.5, 0.6) is 0 Å². The summed E-state index contributed by atoms with van der Waals surface area (Å²) in [6, 6.07) is 11.2. The van der Waals surface area contributed by atoms with E-state index in [0.717, 1.165) is 12.8 Å². The summed E-state index contributed by atoms with van der Waals surface area (Å²) in [5.74, 6) is -0.291. The van der Waals surface area contributed by atoms with E-state index in [2.05, 4.69) is 6.07 Å². The van der Waals surface area contributed by atoms with Gasteiger partial charge in [0.2, 0.25) is 0 Å². The summed E-state index contributed by atoms with van der Waals surface area (Å²) >= 11 is 0. The first kappa shape index (κ1) is 9.41. The lowest BCUT2D eigenvalue weighted by atomic mass is 10.2.